The molecule has 1 aromatic heterocycles. The van der Waals surface area contributed by atoms with Gasteiger partial charge in [-0.15, -0.1) is 0 Å². The van der Waals surface area contributed by atoms with E-state index in [-0.39, 0.29) is 23.1 Å². The molecule has 28 heavy (non-hydrogen) atoms. The Morgan fingerprint density at radius 2 is 1.71 bits per heavy atom. The van der Waals surface area contributed by atoms with Crippen LogP contribution >= 0.6 is 0 Å². The number of aromatic nitrogens is 1. The van der Waals surface area contributed by atoms with Gasteiger partial charge in [0.2, 0.25) is 6.41 Å². The van der Waals surface area contributed by atoms with Crippen molar-refractivity contribution in [2.24, 2.45) is 0 Å². The van der Waals surface area contributed by atoms with E-state index in [0.29, 0.717) is 25.2 Å². The monoisotopic (exact) mass is 376 g/mol. The maximum absolute atomic E-state index is 13.9. The van der Waals surface area contributed by atoms with Crippen molar-refractivity contribution in [1.82, 2.24) is 9.88 Å². The van der Waals surface area contributed by atoms with Gasteiger partial charge in [0.05, 0.1) is 5.69 Å². The van der Waals surface area contributed by atoms with Gasteiger partial charge in [0.15, 0.2) is 0 Å². The lowest BCUT2D eigenvalue weighted by Gasteiger charge is -2.16. The lowest BCUT2D eigenvalue weighted by molar-refractivity contribution is -0.105. The number of hydrogen-bond acceptors (Lipinski definition) is 4. The largest absolute Gasteiger partial charge is 0.338 e. The zero-order valence-electron chi connectivity index (χ0n) is 14.9. The van der Waals surface area contributed by atoms with E-state index in [4.69, 9.17) is 0 Å². The molecule has 0 aliphatic carbocycles. The maximum Gasteiger partial charge on any atom is 0.273 e. The Morgan fingerprint density at radius 3 is 2.39 bits per heavy atom. The second-order valence-electron chi connectivity index (χ2n) is 6.42. The van der Waals surface area contributed by atoms with Gasteiger partial charge in [0.25, 0.3) is 5.91 Å². The molecule has 0 atom stereocenters. The number of pyridine rings is 1. The average Bonchev–Trinajstić information content (AvgIpc) is 3.13. The molecular weight excluding hydrogens is 359 g/mol. The Labute approximate surface area is 161 Å². The number of para-hydroxylation sites is 1. The summed E-state index contributed by atoms with van der Waals surface area (Å²) in [4.78, 5) is 29.9. The van der Waals surface area contributed by atoms with Crippen molar-refractivity contribution in [3.05, 3.63) is 83.3 Å². The minimum atomic E-state index is -0.444. The number of nitrogens with zero attached hydrogens (tertiary/aromatic N) is 2. The summed E-state index contributed by atoms with van der Waals surface area (Å²) in [5, 5.41) is 5.39. The third kappa shape index (κ3) is 3.55. The zero-order valence-corrected chi connectivity index (χ0v) is 14.9. The molecule has 2 heterocycles. The molecule has 4 rings (SSSR count). The van der Waals surface area contributed by atoms with Crippen molar-refractivity contribution < 1.29 is 14.0 Å². The number of rotatable bonds is 5. The normalized spacial score (nSPS) is 12.4. The van der Waals surface area contributed by atoms with Gasteiger partial charge in [-0.2, -0.15) is 0 Å². The number of benzene rings is 2. The quantitative estimate of drug-likeness (QED) is 0.666. The zero-order chi connectivity index (χ0) is 19.5. The number of anilines is 3. The molecular formula is C21H17FN4O2. The Balaban J connectivity index is 1.63. The highest BCUT2D eigenvalue weighted by atomic mass is 19.1. The minimum absolute atomic E-state index is 0.165. The molecule has 140 valence electrons. The van der Waals surface area contributed by atoms with Crippen LogP contribution in [0.15, 0.2) is 60.7 Å². The van der Waals surface area contributed by atoms with Crippen LogP contribution in [0.2, 0.25) is 0 Å². The van der Waals surface area contributed by atoms with Crippen LogP contribution in [-0.2, 0) is 17.9 Å². The second kappa shape index (κ2) is 7.48. The van der Waals surface area contributed by atoms with Gasteiger partial charge in [-0.3, -0.25) is 9.59 Å². The lowest BCUT2D eigenvalue weighted by atomic mass is 10.1. The molecule has 0 radical (unpaired) electrons. The van der Waals surface area contributed by atoms with Crippen molar-refractivity contribution in [2.75, 3.05) is 10.6 Å². The van der Waals surface area contributed by atoms with E-state index in [1.165, 1.54) is 18.2 Å². The molecule has 6 nitrogen and oxygen atoms in total. The molecule has 0 fully saturated rings. The topological polar surface area (TPSA) is 74.3 Å². The summed E-state index contributed by atoms with van der Waals surface area (Å²) in [6.07, 6.45) is 0.516. The van der Waals surface area contributed by atoms with E-state index in [9.17, 15) is 14.0 Å². The van der Waals surface area contributed by atoms with Gasteiger partial charge in [-0.05, 0) is 29.3 Å². The summed E-state index contributed by atoms with van der Waals surface area (Å²) >= 11 is 0. The highest BCUT2D eigenvalue weighted by Gasteiger charge is 2.25. The van der Waals surface area contributed by atoms with Gasteiger partial charge in [0, 0.05) is 24.8 Å². The molecule has 0 unspecified atom stereocenters. The van der Waals surface area contributed by atoms with Gasteiger partial charge in [0.1, 0.15) is 17.3 Å². The van der Waals surface area contributed by atoms with Crippen molar-refractivity contribution in [3.63, 3.8) is 0 Å². The summed E-state index contributed by atoms with van der Waals surface area (Å²) in [5.41, 5.74) is 2.98. The van der Waals surface area contributed by atoms with E-state index in [1.807, 2.05) is 24.3 Å². The molecule has 0 saturated carbocycles. The van der Waals surface area contributed by atoms with Crippen molar-refractivity contribution in [1.29, 1.82) is 0 Å². The smallest absolute Gasteiger partial charge is 0.273 e. The SMILES string of the molecule is O=CNc1cc(Nc2ccccc2F)nc(C(=O)N2Cc3ccccc3C2)c1. The van der Waals surface area contributed by atoms with Crippen LogP contribution < -0.4 is 10.6 Å². The fraction of sp³-hybridized carbons (Fsp3) is 0.0952. The lowest BCUT2D eigenvalue weighted by Crippen LogP contribution is -2.26. The van der Waals surface area contributed by atoms with Gasteiger partial charge >= 0.3 is 0 Å². The average molecular weight is 376 g/mol. The molecule has 0 bridgehead atoms. The third-order valence-electron chi connectivity index (χ3n) is 4.53. The Bertz CT molecular complexity index is 1030. The van der Waals surface area contributed by atoms with E-state index < -0.39 is 5.82 Å². The first-order valence-corrected chi connectivity index (χ1v) is 8.74. The van der Waals surface area contributed by atoms with Crippen LogP contribution in [-0.4, -0.2) is 22.2 Å². The summed E-state index contributed by atoms with van der Waals surface area (Å²) in [5.74, 6) is -0.444. The molecule has 2 N–H and O–H groups in total. The van der Waals surface area contributed by atoms with E-state index in [1.54, 1.807) is 23.1 Å². The fourth-order valence-corrected chi connectivity index (χ4v) is 3.19. The predicted molar refractivity (Wildman–Crippen MR) is 104 cm³/mol. The summed E-state index contributed by atoms with van der Waals surface area (Å²) in [7, 11) is 0. The number of halogens is 1. The number of fused-ring (bicyclic) bond motifs is 1. The molecule has 2 amide bonds. The maximum atomic E-state index is 13.9. The molecule has 0 spiro atoms. The highest BCUT2D eigenvalue weighted by Crippen LogP contribution is 2.26. The molecule has 0 saturated heterocycles. The van der Waals surface area contributed by atoms with Crippen molar-refractivity contribution in [2.45, 2.75) is 13.1 Å². The molecule has 2 aromatic carbocycles. The van der Waals surface area contributed by atoms with Crippen LogP contribution in [0, 0.1) is 5.82 Å². The number of carbonyl (C=O) groups excluding carboxylic acids is 2. The highest BCUT2D eigenvalue weighted by molar-refractivity contribution is 5.94. The first-order chi connectivity index (χ1) is 13.6. The van der Waals surface area contributed by atoms with Crippen LogP contribution in [0.1, 0.15) is 21.6 Å². The number of carbonyl (C=O) groups is 2. The van der Waals surface area contributed by atoms with E-state index >= 15 is 0 Å². The summed E-state index contributed by atoms with van der Waals surface area (Å²) in [6.45, 7) is 0.996. The van der Waals surface area contributed by atoms with Crippen molar-refractivity contribution in [3.8, 4) is 0 Å². The van der Waals surface area contributed by atoms with Crippen LogP contribution in [0.5, 0.6) is 0 Å². The predicted octanol–water partition coefficient (Wildman–Crippen LogP) is 3.69. The van der Waals surface area contributed by atoms with Gasteiger partial charge < -0.3 is 15.5 Å². The molecule has 3 aromatic rings. The van der Waals surface area contributed by atoms with Crippen LogP contribution in [0.25, 0.3) is 0 Å². The van der Waals surface area contributed by atoms with E-state index in [2.05, 4.69) is 15.6 Å². The Kier molecular flexibility index (Phi) is 4.72. The summed E-state index contributed by atoms with van der Waals surface area (Å²) in [6, 6.07) is 17.1. The van der Waals surface area contributed by atoms with Crippen LogP contribution in [0.3, 0.4) is 0 Å². The standard InChI is InChI=1S/C21H17FN4O2/c22-17-7-3-4-8-18(17)24-20-10-16(23-13-27)9-19(25-20)21(28)26-11-14-5-1-2-6-15(14)12-26/h1-10,13H,11-12H2,(H2,23,24,25,27). The van der Waals surface area contributed by atoms with Gasteiger partial charge in [-0.25, -0.2) is 9.37 Å². The second-order valence-corrected chi connectivity index (χ2v) is 6.42. The van der Waals surface area contributed by atoms with Crippen molar-refractivity contribution >= 4 is 29.5 Å². The van der Waals surface area contributed by atoms with Crippen LogP contribution in [0.4, 0.5) is 21.6 Å². The first kappa shape index (κ1) is 17.7. The minimum Gasteiger partial charge on any atom is -0.338 e. The Hall–Kier alpha value is -3.74. The fourth-order valence-electron chi connectivity index (χ4n) is 3.19. The molecule has 7 heteroatoms. The number of hydrogen-bond donors (Lipinski definition) is 2. The number of amides is 2. The number of nitrogens with one attached hydrogen (secondary N) is 2. The summed E-state index contributed by atoms with van der Waals surface area (Å²) < 4.78 is 13.9. The van der Waals surface area contributed by atoms with Gasteiger partial charge in [-0.1, -0.05) is 36.4 Å². The Morgan fingerprint density at radius 1 is 1.04 bits per heavy atom. The molecule has 1 aliphatic heterocycles. The van der Waals surface area contributed by atoms with E-state index in [0.717, 1.165) is 11.1 Å². The molecule has 1 aliphatic rings. The first-order valence-electron chi connectivity index (χ1n) is 8.74. The third-order valence-corrected chi connectivity index (χ3v) is 4.53.